The maximum Gasteiger partial charge on any atom is 0.289 e. The lowest BCUT2D eigenvalue weighted by Gasteiger charge is -2.19. The molecule has 18 heavy (non-hydrogen) atoms. The summed E-state index contributed by atoms with van der Waals surface area (Å²) in [7, 11) is 0. The molecule has 2 N–H and O–H groups in total. The highest BCUT2D eigenvalue weighted by Crippen LogP contribution is 2.25. The molecule has 1 saturated heterocycles. The SMILES string of the molecule is CC1CCCN1C(=O)c1cc2cc(N)ccc2o1. The first-order chi connectivity index (χ1) is 8.65. The van der Waals surface area contributed by atoms with Crippen LogP contribution in [-0.4, -0.2) is 23.4 Å². The molecular formula is C14H16N2O2. The van der Waals surface area contributed by atoms with E-state index in [2.05, 4.69) is 6.92 Å². The average Bonchev–Trinajstić information content (AvgIpc) is 2.93. The highest BCUT2D eigenvalue weighted by Gasteiger charge is 2.28. The Morgan fingerprint density at radius 3 is 3.00 bits per heavy atom. The molecule has 0 spiro atoms. The molecule has 1 atom stereocenters. The van der Waals surface area contributed by atoms with Crippen LogP contribution in [0.15, 0.2) is 28.7 Å². The molecule has 2 aromatic rings. The standard InChI is InChI=1S/C14H16N2O2/c1-9-3-2-6-16(9)14(17)13-8-10-7-11(15)4-5-12(10)18-13/h4-5,7-9H,2-3,6,15H2,1H3. The summed E-state index contributed by atoms with van der Waals surface area (Å²) in [6.07, 6.45) is 2.14. The predicted molar refractivity (Wildman–Crippen MR) is 70.4 cm³/mol. The van der Waals surface area contributed by atoms with Gasteiger partial charge in [-0.15, -0.1) is 0 Å². The number of likely N-dealkylation sites (tertiary alicyclic amines) is 1. The van der Waals surface area contributed by atoms with Gasteiger partial charge in [0, 0.05) is 23.7 Å². The molecule has 94 valence electrons. The molecule has 2 heterocycles. The second-order valence-corrected chi connectivity index (χ2v) is 4.90. The third kappa shape index (κ3) is 1.74. The molecule has 1 aromatic heterocycles. The zero-order chi connectivity index (χ0) is 12.7. The van der Waals surface area contributed by atoms with Crippen LogP contribution >= 0.6 is 0 Å². The van der Waals surface area contributed by atoms with E-state index in [1.165, 1.54) is 0 Å². The Bertz CT molecular complexity index is 603. The first-order valence-corrected chi connectivity index (χ1v) is 6.25. The van der Waals surface area contributed by atoms with E-state index in [0.717, 1.165) is 24.8 Å². The van der Waals surface area contributed by atoms with Crippen LogP contribution in [0.3, 0.4) is 0 Å². The number of fused-ring (bicyclic) bond motifs is 1. The van der Waals surface area contributed by atoms with Crippen LogP contribution in [-0.2, 0) is 0 Å². The quantitative estimate of drug-likeness (QED) is 0.784. The fourth-order valence-electron chi connectivity index (χ4n) is 2.54. The third-order valence-corrected chi connectivity index (χ3v) is 3.56. The molecule has 3 rings (SSSR count). The smallest absolute Gasteiger partial charge is 0.289 e. The fraction of sp³-hybridized carbons (Fsp3) is 0.357. The number of hydrogen-bond donors (Lipinski definition) is 1. The van der Waals surface area contributed by atoms with Crippen molar-refractivity contribution in [2.45, 2.75) is 25.8 Å². The largest absolute Gasteiger partial charge is 0.451 e. The predicted octanol–water partition coefficient (Wildman–Crippen LogP) is 2.64. The minimum Gasteiger partial charge on any atom is -0.451 e. The molecule has 4 nitrogen and oxygen atoms in total. The van der Waals surface area contributed by atoms with E-state index in [-0.39, 0.29) is 5.91 Å². The van der Waals surface area contributed by atoms with Crippen molar-refractivity contribution in [3.05, 3.63) is 30.0 Å². The molecule has 1 aliphatic heterocycles. The summed E-state index contributed by atoms with van der Waals surface area (Å²) in [6.45, 7) is 2.89. The molecule has 0 saturated carbocycles. The molecule has 0 radical (unpaired) electrons. The zero-order valence-electron chi connectivity index (χ0n) is 10.3. The van der Waals surface area contributed by atoms with Crippen LogP contribution in [0.1, 0.15) is 30.3 Å². The van der Waals surface area contributed by atoms with Gasteiger partial charge in [-0.25, -0.2) is 0 Å². The van der Waals surface area contributed by atoms with Crippen LogP contribution in [0, 0.1) is 0 Å². The minimum atomic E-state index is -0.0187. The Balaban J connectivity index is 1.96. The first kappa shape index (κ1) is 11.1. The maximum absolute atomic E-state index is 12.3. The van der Waals surface area contributed by atoms with E-state index in [0.29, 0.717) is 23.1 Å². The van der Waals surface area contributed by atoms with Crippen LogP contribution in [0.25, 0.3) is 11.0 Å². The summed E-state index contributed by atoms with van der Waals surface area (Å²) in [6, 6.07) is 7.48. The Kier molecular flexibility index (Phi) is 2.51. The average molecular weight is 244 g/mol. The van der Waals surface area contributed by atoms with E-state index in [4.69, 9.17) is 10.2 Å². The number of nitrogen functional groups attached to an aromatic ring is 1. The van der Waals surface area contributed by atoms with Crippen molar-refractivity contribution < 1.29 is 9.21 Å². The lowest BCUT2D eigenvalue weighted by molar-refractivity contribution is 0.0717. The van der Waals surface area contributed by atoms with Gasteiger partial charge in [-0.2, -0.15) is 0 Å². The second-order valence-electron chi connectivity index (χ2n) is 4.90. The summed E-state index contributed by atoms with van der Waals surface area (Å²) in [5.41, 5.74) is 7.10. The fourth-order valence-corrected chi connectivity index (χ4v) is 2.54. The number of anilines is 1. The first-order valence-electron chi connectivity index (χ1n) is 6.25. The van der Waals surface area contributed by atoms with Gasteiger partial charge in [0.1, 0.15) is 5.58 Å². The van der Waals surface area contributed by atoms with Crippen molar-refractivity contribution in [2.75, 3.05) is 12.3 Å². The number of benzene rings is 1. The normalized spacial score (nSPS) is 19.6. The van der Waals surface area contributed by atoms with Gasteiger partial charge in [-0.05, 0) is 44.0 Å². The maximum atomic E-state index is 12.3. The van der Waals surface area contributed by atoms with E-state index in [1.54, 1.807) is 18.2 Å². The van der Waals surface area contributed by atoms with Gasteiger partial charge >= 0.3 is 0 Å². The van der Waals surface area contributed by atoms with Crippen molar-refractivity contribution in [3.8, 4) is 0 Å². The van der Waals surface area contributed by atoms with Gasteiger partial charge in [-0.1, -0.05) is 0 Å². The third-order valence-electron chi connectivity index (χ3n) is 3.56. The monoisotopic (exact) mass is 244 g/mol. The number of nitrogens with two attached hydrogens (primary N) is 1. The summed E-state index contributed by atoms with van der Waals surface area (Å²) in [5.74, 6) is 0.388. The van der Waals surface area contributed by atoms with E-state index < -0.39 is 0 Å². The van der Waals surface area contributed by atoms with Crippen molar-refractivity contribution >= 4 is 22.6 Å². The lowest BCUT2D eigenvalue weighted by Crippen LogP contribution is -2.33. The Hall–Kier alpha value is -1.97. The highest BCUT2D eigenvalue weighted by atomic mass is 16.3. The number of furan rings is 1. The lowest BCUT2D eigenvalue weighted by atomic mass is 10.2. The topological polar surface area (TPSA) is 59.5 Å². The number of rotatable bonds is 1. The van der Waals surface area contributed by atoms with Crippen LogP contribution < -0.4 is 5.73 Å². The summed E-state index contributed by atoms with van der Waals surface area (Å²) in [5, 5.41) is 0.880. The summed E-state index contributed by atoms with van der Waals surface area (Å²) >= 11 is 0. The molecule has 0 aliphatic carbocycles. The molecule has 4 heteroatoms. The van der Waals surface area contributed by atoms with Gasteiger partial charge < -0.3 is 15.1 Å². The second kappa shape index (κ2) is 4.05. The number of amides is 1. The van der Waals surface area contributed by atoms with Gasteiger partial charge in [0.2, 0.25) is 0 Å². The van der Waals surface area contributed by atoms with Gasteiger partial charge in [0.15, 0.2) is 5.76 Å². The highest BCUT2D eigenvalue weighted by molar-refractivity contribution is 5.96. The molecule has 1 unspecified atom stereocenters. The Labute approximate surface area is 105 Å². The Morgan fingerprint density at radius 2 is 2.28 bits per heavy atom. The van der Waals surface area contributed by atoms with Gasteiger partial charge in [0.25, 0.3) is 5.91 Å². The number of carbonyl (C=O) groups excluding carboxylic acids is 1. The zero-order valence-corrected chi connectivity index (χ0v) is 10.3. The number of nitrogens with zero attached hydrogens (tertiary/aromatic N) is 1. The molecule has 1 aliphatic rings. The van der Waals surface area contributed by atoms with Crippen molar-refractivity contribution in [1.29, 1.82) is 0 Å². The van der Waals surface area contributed by atoms with Crippen molar-refractivity contribution in [3.63, 3.8) is 0 Å². The molecule has 1 amide bonds. The minimum absolute atomic E-state index is 0.0187. The number of carbonyl (C=O) groups is 1. The summed E-state index contributed by atoms with van der Waals surface area (Å²) < 4.78 is 5.60. The summed E-state index contributed by atoms with van der Waals surface area (Å²) in [4.78, 5) is 14.2. The van der Waals surface area contributed by atoms with Crippen LogP contribution in [0.2, 0.25) is 0 Å². The van der Waals surface area contributed by atoms with Crippen molar-refractivity contribution in [1.82, 2.24) is 4.90 Å². The van der Waals surface area contributed by atoms with Crippen LogP contribution in [0.5, 0.6) is 0 Å². The van der Waals surface area contributed by atoms with E-state index in [9.17, 15) is 4.79 Å². The molecular weight excluding hydrogens is 228 g/mol. The molecule has 1 fully saturated rings. The van der Waals surface area contributed by atoms with Crippen molar-refractivity contribution in [2.24, 2.45) is 0 Å². The molecule has 1 aromatic carbocycles. The van der Waals surface area contributed by atoms with Gasteiger partial charge in [-0.3, -0.25) is 4.79 Å². The number of hydrogen-bond acceptors (Lipinski definition) is 3. The van der Waals surface area contributed by atoms with Gasteiger partial charge in [0.05, 0.1) is 0 Å². The Morgan fingerprint density at radius 1 is 1.44 bits per heavy atom. The molecule has 0 bridgehead atoms. The van der Waals surface area contributed by atoms with E-state index >= 15 is 0 Å². The van der Waals surface area contributed by atoms with E-state index in [1.807, 2.05) is 11.0 Å². The van der Waals surface area contributed by atoms with Crippen LogP contribution in [0.4, 0.5) is 5.69 Å².